The minimum Gasteiger partial charge on any atom is -0.372 e. The zero-order valence-electron chi connectivity index (χ0n) is 11.1. The number of piperidine rings is 1. The maximum Gasteiger partial charge on any atom is 0.411 e. The molecule has 0 saturated carbocycles. The Kier molecular flexibility index (Phi) is 5.36. The van der Waals surface area contributed by atoms with Gasteiger partial charge in [-0.2, -0.15) is 18.2 Å². The van der Waals surface area contributed by atoms with Crippen LogP contribution < -0.4 is 5.32 Å². The van der Waals surface area contributed by atoms with Crippen LogP contribution in [0.3, 0.4) is 0 Å². The molecule has 1 atom stereocenters. The third kappa shape index (κ3) is 5.46. The Labute approximate surface area is 114 Å². The topological polar surface area (TPSA) is 60.2 Å². The molecule has 8 heteroatoms. The summed E-state index contributed by atoms with van der Waals surface area (Å²) in [6, 6.07) is 0. The van der Waals surface area contributed by atoms with Crippen LogP contribution in [0.25, 0.3) is 0 Å². The van der Waals surface area contributed by atoms with Gasteiger partial charge in [-0.1, -0.05) is 5.16 Å². The minimum atomic E-state index is -4.30. The van der Waals surface area contributed by atoms with E-state index >= 15 is 0 Å². The summed E-state index contributed by atoms with van der Waals surface area (Å²) in [5, 5.41) is 7.05. The monoisotopic (exact) mass is 293 g/mol. The van der Waals surface area contributed by atoms with Crippen LogP contribution in [0.2, 0.25) is 0 Å². The summed E-state index contributed by atoms with van der Waals surface area (Å²) < 4.78 is 45.2. The van der Waals surface area contributed by atoms with Crippen molar-refractivity contribution in [3.05, 3.63) is 11.7 Å². The lowest BCUT2D eigenvalue weighted by atomic mass is 9.96. The van der Waals surface area contributed by atoms with Crippen molar-refractivity contribution < 1.29 is 22.4 Å². The molecule has 2 rings (SSSR count). The first-order valence-corrected chi connectivity index (χ1v) is 6.69. The molecule has 1 aromatic heterocycles. The smallest absolute Gasteiger partial charge is 0.372 e. The highest BCUT2D eigenvalue weighted by Crippen LogP contribution is 2.16. The van der Waals surface area contributed by atoms with E-state index in [0.29, 0.717) is 24.1 Å². The minimum absolute atomic E-state index is 0.0660. The predicted octanol–water partition coefficient (Wildman–Crippen LogP) is 1.73. The predicted molar refractivity (Wildman–Crippen MR) is 64.2 cm³/mol. The molecule has 0 bridgehead atoms. The number of ether oxygens (including phenoxy) is 1. The van der Waals surface area contributed by atoms with E-state index in [1.807, 2.05) is 0 Å². The van der Waals surface area contributed by atoms with Crippen LogP contribution in [-0.2, 0) is 17.6 Å². The first kappa shape index (κ1) is 15.2. The highest BCUT2D eigenvalue weighted by molar-refractivity contribution is 4.89. The molecular weight excluding hydrogens is 275 g/mol. The fourth-order valence-corrected chi connectivity index (χ4v) is 2.17. The number of halogens is 3. The summed E-state index contributed by atoms with van der Waals surface area (Å²) >= 11 is 0. The Bertz CT molecular complexity index is 403. The lowest BCUT2D eigenvalue weighted by molar-refractivity contribution is -0.173. The SMILES string of the molecule is FC(F)(F)COCCc1noc(CC2CCCNC2)n1. The van der Waals surface area contributed by atoms with E-state index in [-0.39, 0.29) is 13.0 Å². The maximum atomic E-state index is 11.9. The van der Waals surface area contributed by atoms with Gasteiger partial charge >= 0.3 is 6.18 Å². The quantitative estimate of drug-likeness (QED) is 0.809. The number of rotatable bonds is 6. The van der Waals surface area contributed by atoms with Crippen LogP contribution in [0.4, 0.5) is 13.2 Å². The Hall–Kier alpha value is -1.15. The second kappa shape index (κ2) is 7.03. The zero-order chi connectivity index (χ0) is 14.4. The summed E-state index contributed by atoms with van der Waals surface area (Å²) in [6.07, 6.45) is -1.10. The molecule has 2 heterocycles. The summed E-state index contributed by atoms with van der Waals surface area (Å²) in [7, 11) is 0. The molecule has 1 unspecified atom stereocenters. The summed E-state index contributed by atoms with van der Waals surface area (Å²) in [6.45, 7) is 0.670. The fraction of sp³-hybridized carbons (Fsp3) is 0.833. The van der Waals surface area contributed by atoms with E-state index in [2.05, 4.69) is 20.2 Å². The molecule has 0 aromatic carbocycles. The van der Waals surface area contributed by atoms with Gasteiger partial charge in [0.25, 0.3) is 0 Å². The molecule has 0 amide bonds. The summed E-state index contributed by atoms with van der Waals surface area (Å²) in [5.41, 5.74) is 0. The normalized spacial score (nSPS) is 20.2. The lowest BCUT2D eigenvalue weighted by Crippen LogP contribution is -2.30. The number of nitrogens with one attached hydrogen (secondary N) is 1. The number of hydrogen-bond donors (Lipinski definition) is 1. The van der Waals surface area contributed by atoms with Crippen molar-refractivity contribution in [2.45, 2.75) is 31.9 Å². The number of alkyl halides is 3. The average Bonchev–Trinajstić information content (AvgIpc) is 2.82. The average molecular weight is 293 g/mol. The van der Waals surface area contributed by atoms with Gasteiger partial charge in [0.15, 0.2) is 5.82 Å². The number of nitrogens with zero attached hydrogens (tertiary/aromatic N) is 2. The molecule has 1 saturated heterocycles. The Morgan fingerprint density at radius 2 is 2.25 bits per heavy atom. The molecule has 5 nitrogen and oxygen atoms in total. The van der Waals surface area contributed by atoms with E-state index in [0.717, 1.165) is 25.9 Å². The summed E-state index contributed by atoms with van der Waals surface area (Å²) in [5.74, 6) is 1.42. The van der Waals surface area contributed by atoms with Crippen LogP contribution in [0.15, 0.2) is 4.52 Å². The summed E-state index contributed by atoms with van der Waals surface area (Å²) in [4.78, 5) is 4.17. The van der Waals surface area contributed by atoms with Crippen molar-refractivity contribution >= 4 is 0 Å². The number of aromatic nitrogens is 2. The molecule has 114 valence electrons. The van der Waals surface area contributed by atoms with Gasteiger partial charge in [-0.25, -0.2) is 0 Å². The van der Waals surface area contributed by atoms with Crippen molar-refractivity contribution in [3.63, 3.8) is 0 Å². The molecule has 20 heavy (non-hydrogen) atoms. The van der Waals surface area contributed by atoms with Gasteiger partial charge in [-0.15, -0.1) is 0 Å². The molecule has 1 fully saturated rings. The largest absolute Gasteiger partial charge is 0.411 e. The van der Waals surface area contributed by atoms with Gasteiger partial charge in [-0.05, 0) is 31.8 Å². The van der Waals surface area contributed by atoms with Gasteiger partial charge in [-0.3, -0.25) is 0 Å². The Morgan fingerprint density at radius 1 is 1.40 bits per heavy atom. The van der Waals surface area contributed by atoms with E-state index in [1.54, 1.807) is 0 Å². The van der Waals surface area contributed by atoms with E-state index in [4.69, 9.17) is 4.52 Å². The van der Waals surface area contributed by atoms with Crippen LogP contribution >= 0.6 is 0 Å². The third-order valence-electron chi connectivity index (χ3n) is 3.11. The number of hydrogen-bond acceptors (Lipinski definition) is 5. The third-order valence-corrected chi connectivity index (χ3v) is 3.11. The van der Waals surface area contributed by atoms with Gasteiger partial charge < -0.3 is 14.6 Å². The molecule has 0 aliphatic carbocycles. The molecule has 1 aliphatic rings. The van der Waals surface area contributed by atoms with Crippen molar-refractivity contribution in [3.8, 4) is 0 Å². The Morgan fingerprint density at radius 3 is 2.95 bits per heavy atom. The second-order valence-electron chi connectivity index (χ2n) is 4.94. The van der Waals surface area contributed by atoms with Gasteiger partial charge in [0.2, 0.25) is 5.89 Å². The molecule has 0 spiro atoms. The first-order chi connectivity index (χ1) is 9.53. The Balaban J connectivity index is 1.69. The second-order valence-corrected chi connectivity index (χ2v) is 4.94. The van der Waals surface area contributed by atoms with Gasteiger partial charge in [0.05, 0.1) is 6.61 Å². The van der Waals surface area contributed by atoms with Crippen molar-refractivity contribution in [1.82, 2.24) is 15.5 Å². The van der Waals surface area contributed by atoms with Crippen LogP contribution in [0, 0.1) is 5.92 Å². The van der Waals surface area contributed by atoms with E-state index in [1.165, 1.54) is 0 Å². The van der Waals surface area contributed by atoms with Crippen molar-refractivity contribution in [2.75, 3.05) is 26.3 Å². The van der Waals surface area contributed by atoms with Gasteiger partial charge in [0.1, 0.15) is 6.61 Å². The first-order valence-electron chi connectivity index (χ1n) is 6.69. The van der Waals surface area contributed by atoms with Gasteiger partial charge in [0, 0.05) is 12.8 Å². The van der Waals surface area contributed by atoms with Crippen LogP contribution in [-0.4, -0.2) is 42.6 Å². The zero-order valence-corrected chi connectivity index (χ0v) is 11.1. The fourth-order valence-electron chi connectivity index (χ4n) is 2.17. The van der Waals surface area contributed by atoms with E-state index in [9.17, 15) is 13.2 Å². The highest BCUT2D eigenvalue weighted by atomic mass is 19.4. The lowest BCUT2D eigenvalue weighted by Gasteiger charge is -2.20. The van der Waals surface area contributed by atoms with Crippen molar-refractivity contribution in [2.24, 2.45) is 5.92 Å². The highest BCUT2D eigenvalue weighted by Gasteiger charge is 2.27. The van der Waals surface area contributed by atoms with Crippen LogP contribution in [0.5, 0.6) is 0 Å². The maximum absolute atomic E-state index is 11.9. The molecule has 0 radical (unpaired) electrons. The molecular formula is C12H18F3N3O2. The van der Waals surface area contributed by atoms with Crippen LogP contribution in [0.1, 0.15) is 24.6 Å². The van der Waals surface area contributed by atoms with E-state index < -0.39 is 12.8 Å². The van der Waals surface area contributed by atoms with Crippen molar-refractivity contribution in [1.29, 1.82) is 0 Å². The molecule has 1 aliphatic heterocycles. The standard InChI is InChI=1S/C12H18F3N3O2/c13-12(14,15)8-19-5-3-10-17-11(20-18-10)6-9-2-1-4-16-7-9/h9,16H,1-8H2. The molecule has 1 N–H and O–H groups in total. The molecule has 1 aromatic rings.